The highest BCUT2D eigenvalue weighted by atomic mass is 32.1. The molecule has 0 radical (unpaired) electrons. The molecule has 0 spiro atoms. The Morgan fingerprint density at radius 1 is 1.55 bits per heavy atom. The Balaban J connectivity index is 1.51. The second kappa shape index (κ2) is 6.98. The molecule has 0 saturated carbocycles. The quantitative estimate of drug-likeness (QED) is 0.911. The summed E-state index contributed by atoms with van der Waals surface area (Å²) >= 11 is 1.73. The Morgan fingerprint density at radius 2 is 2.45 bits per heavy atom. The molecule has 1 atom stereocenters. The lowest BCUT2D eigenvalue weighted by molar-refractivity contribution is -0.126. The summed E-state index contributed by atoms with van der Waals surface area (Å²) in [6.45, 7) is 4.25. The molecular formula is C16H20N4OS. The molecule has 0 saturated heterocycles. The summed E-state index contributed by atoms with van der Waals surface area (Å²) in [4.78, 5) is 24.2. The predicted octanol–water partition coefficient (Wildman–Crippen LogP) is 1.64. The van der Waals surface area contributed by atoms with E-state index in [4.69, 9.17) is 0 Å². The van der Waals surface area contributed by atoms with Gasteiger partial charge in [-0.3, -0.25) is 9.69 Å². The fraction of sp³-hybridized carbons (Fsp3) is 0.438. The lowest BCUT2D eigenvalue weighted by atomic mass is 10.1. The number of amides is 1. The summed E-state index contributed by atoms with van der Waals surface area (Å²) in [6, 6.07) is 4.00. The summed E-state index contributed by atoms with van der Waals surface area (Å²) < 4.78 is 0. The van der Waals surface area contributed by atoms with Gasteiger partial charge in [-0.05, 0) is 36.8 Å². The SMILES string of the molecule is CC(C(=O)NCCc1cccs1)N1CCc2cncnc2C1. The zero-order chi connectivity index (χ0) is 15.4. The molecule has 3 heterocycles. The monoisotopic (exact) mass is 316 g/mol. The van der Waals surface area contributed by atoms with E-state index in [1.54, 1.807) is 17.7 Å². The normalized spacial score (nSPS) is 16.0. The Morgan fingerprint density at radius 3 is 3.27 bits per heavy atom. The number of nitrogens with one attached hydrogen (secondary N) is 1. The van der Waals surface area contributed by atoms with Crippen molar-refractivity contribution in [3.8, 4) is 0 Å². The molecule has 1 aliphatic rings. The van der Waals surface area contributed by atoms with Crippen molar-refractivity contribution in [2.45, 2.75) is 32.4 Å². The average molecular weight is 316 g/mol. The molecule has 22 heavy (non-hydrogen) atoms. The lowest BCUT2D eigenvalue weighted by Crippen LogP contribution is -2.47. The minimum Gasteiger partial charge on any atom is -0.354 e. The van der Waals surface area contributed by atoms with Crippen LogP contribution in [-0.2, 0) is 24.2 Å². The number of aromatic nitrogens is 2. The summed E-state index contributed by atoms with van der Waals surface area (Å²) in [5.74, 6) is 0.0917. The van der Waals surface area contributed by atoms with Crippen LogP contribution < -0.4 is 5.32 Å². The van der Waals surface area contributed by atoms with Gasteiger partial charge < -0.3 is 5.32 Å². The summed E-state index contributed by atoms with van der Waals surface area (Å²) in [5.41, 5.74) is 2.24. The van der Waals surface area contributed by atoms with E-state index >= 15 is 0 Å². The second-order valence-electron chi connectivity index (χ2n) is 5.51. The van der Waals surface area contributed by atoms with Gasteiger partial charge in [0.2, 0.25) is 5.91 Å². The first kappa shape index (κ1) is 15.1. The van der Waals surface area contributed by atoms with Crippen molar-refractivity contribution in [1.29, 1.82) is 0 Å². The van der Waals surface area contributed by atoms with E-state index in [0.29, 0.717) is 6.54 Å². The molecule has 0 aromatic carbocycles. The molecule has 3 rings (SSSR count). The molecule has 2 aromatic rings. The molecule has 1 N–H and O–H groups in total. The number of fused-ring (bicyclic) bond motifs is 1. The summed E-state index contributed by atoms with van der Waals surface area (Å²) in [7, 11) is 0. The van der Waals surface area contributed by atoms with Crippen molar-refractivity contribution < 1.29 is 4.79 Å². The van der Waals surface area contributed by atoms with Crippen molar-refractivity contribution in [1.82, 2.24) is 20.2 Å². The number of hydrogen-bond acceptors (Lipinski definition) is 5. The zero-order valence-corrected chi connectivity index (χ0v) is 13.5. The van der Waals surface area contributed by atoms with Crippen molar-refractivity contribution >= 4 is 17.2 Å². The minimum absolute atomic E-state index is 0.0917. The largest absolute Gasteiger partial charge is 0.354 e. The van der Waals surface area contributed by atoms with Gasteiger partial charge in [0.05, 0.1) is 11.7 Å². The molecule has 6 heteroatoms. The van der Waals surface area contributed by atoms with Gasteiger partial charge in [-0.1, -0.05) is 6.07 Å². The fourth-order valence-electron chi connectivity index (χ4n) is 2.68. The molecule has 0 bridgehead atoms. The Labute approximate surface area is 134 Å². The molecule has 1 aliphatic heterocycles. The average Bonchev–Trinajstić information content (AvgIpc) is 3.07. The van der Waals surface area contributed by atoms with Gasteiger partial charge in [-0.15, -0.1) is 11.3 Å². The van der Waals surface area contributed by atoms with Gasteiger partial charge in [0, 0.05) is 30.7 Å². The molecule has 0 aliphatic carbocycles. The second-order valence-corrected chi connectivity index (χ2v) is 6.54. The topological polar surface area (TPSA) is 58.1 Å². The molecule has 0 fully saturated rings. The van der Waals surface area contributed by atoms with E-state index in [0.717, 1.165) is 31.6 Å². The van der Waals surface area contributed by atoms with Crippen LogP contribution in [0.25, 0.3) is 0 Å². The van der Waals surface area contributed by atoms with Crippen LogP contribution in [-0.4, -0.2) is 39.9 Å². The third-order valence-electron chi connectivity index (χ3n) is 4.08. The van der Waals surface area contributed by atoms with Gasteiger partial charge in [-0.2, -0.15) is 0 Å². The maximum Gasteiger partial charge on any atom is 0.237 e. The highest BCUT2D eigenvalue weighted by Gasteiger charge is 2.25. The van der Waals surface area contributed by atoms with E-state index in [-0.39, 0.29) is 11.9 Å². The van der Waals surface area contributed by atoms with E-state index < -0.39 is 0 Å². The predicted molar refractivity (Wildman–Crippen MR) is 86.6 cm³/mol. The van der Waals surface area contributed by atoms with E-state index in [2.05, 4.69) is 31.6 Å². The van der Waals surface area contributed by atoms with Crippen molar-refractivity contribution in [2.24, 2.45) is 0 Å². The van der Waals surface area contributed by atoms with Gasteiger partial charge in [0.25, 0.3) is 0 Å². The van der Waals surface area contributed by atoms with Crippen LogP contribution in [0.15, 0.2) is 30.0 Å². The molecular weight excluding hydrogens is 296 g/mol. The highest BCUT2D eigenvalue weighted by Crippen LogP contribution is 2.17. The summed E-state index contributed by atoms with van der Waals surface area (Å²) in [6.07, 6.45) is 5.26. The third kappa shape index (κ3) is 3.51. The van der Waals surface area contributed by atoms with Gasteiger partial charge >= 0.3 is 0 Å². The van der Waals surface area contributed by atoms with Gasteiger partial charge in [0.15, 0.2) is 0 Å². The Hall–Kier alpha value is -1.79. The Bertz CT molecular complexity index is 629. The fourth-order valence-corrected chi connectivity index (χ4v) is 3.39. The van der Waals surface area contributed by atoms with Crippen LogP contribution in [0, 0.1) is 0 Å². The maximum absolute atomic E-state index is 12.3. The summed E-state index contributed by atoms with van der Waals surface area (Å²) in [5, 5.41) is 5.10. The van der Waals surface area contributed by atoms with Crippen LogP contribution in [0.4, 0.5) is 0 Å². The smallest absolute Gasteiger partial charge is 0.237 e. The van der Waals surface area contributed by atoms with Crippen LogP contribution in [0.3, 0.4) is 0 Å². The number of carbonyl (C=O) groups excluding carboxylic acids is 1. The number of hydrogen-bond donors (Lipinski definition) is 1. The first-order valence-corrected chi connectivity index (χ1v) is 8.44. The molecule has 116 valence electrons. The van der Waals surface area contributed by atoms with Crippen molar-refractivity contribution in [3.63, 3.8) is 0 Å². The van der Waals surface area contributed by atoms with E-state index in [9.17, 15) is 4.79 Å². The highest BCUT2D eigenvalue weighted by molar-refractivity contribution is 7.09. The lowest BCUT2D eigenvalue weighted by Gasteiger charge is -2.31. The van der Waals surface area contributed by atoms with Gasteiger partial charge in [-0.25, -0.2) is 9.97 Å². The Kier molecular flexibility index (Phi) is 4.80. The van der Waals surface area contributed by atoms with Crippen LogP contribution in [0.2, 0.25) is 0 Å². The number of nitrogens with zero attached hydrogens (tertiary/aromatic N) is 3. The van der Waals surface area contributed by atoms with Crippen LogP contribution in [0.5, 0.6) is 0 Å². The number of thiophene rings is 1. The van der Waals surface area contributed by atoms with Crippen molar-refractivity contribution in [3.05, 3.63) is 46.2 Å². The first-order chi connectivity index (χ1) is 10.7. The standard InChI is InChI=1S/C16H20N4OS/c1-12(16(21)18-6-4-14-3-2-8-22-14)20-7-5-13-9-17-11-19-15(13)10-20/h2-3,8-9,11-12H,4-7,10H2,1H3,(H,18,21). The first-order valence-electron chi connectivity index (χ1n) is 7.56. The van der Waals surface area contributed by atoms with E-state index in [1.807, 2.05) is 19.2 Å². The molecule has 1 unspecified atom stereocenters. The zero-order valence-electron chi connectivity index (χ0n) is 12.7. The van der Waals surface area contributed by atoms with Crippen LogP contribution in [0.1, 0.15) is 23.1 Å². The molecule has 5 nitrogen and oxygen atoms in total. The minimum atomic E-state index is -0.133. The van der Waals surface area contributed by atoms with Crippen LogP contribution >= 0.6 is 11.3 Å². The van der Waals surface area contributed by atoms with Crippen molar-refractivity contribution in [2.75, 3.05) is 13.1 Å². The van der Waals surface area contributed by atoms with E-state index in [1.165, 1.54) is 10.4 Å². The number of rotatable bonds is 5. The third-order valence-corrected chi connectivity index (χ3v) is 5.02. The number of carbonyl (C=O) groups is 1. The van der Waals surface area contributed by atoms with Gasteiger partial charge in [0.1, 0.15) is 6.33 Å². The molecule has 1 amide bonds. The maximum atomic E-state index is 12.3. The molecule has 2 aromatic heterocycles.